The van der Waals surface area contributed by atoms with E-state index in [2.05, 4.69) is 6.58 Å². The maximum atomic E-state index is 9.78. The van der Waals surface area contributed by atoms with Crippen LogP contribution in [0, 0.1) is 0 Å². The van der Waals surface area contributed by atoms with Crippen LogP contribution in [-0.4, -0.2) is 20.6 Å². The largest absolute Gasteiger partial charge is 0.478 e. The first kappa shape index (κ1) is 7.17. The molecule has 0 aliphatic carbocycles. The molecule has 0 amide bonds. The highest BCUT2D eigenvalue weighted by atomic mass is 28.2. The van der Waals surface area contributed by atoms with Gasteiger partial charge in [0.1, 0.15) is 0 Å². The first-order chi connectivity index (χ1) is 3.77. The lowest BCUT2D eigenvalue weighted by Gasteiger charge is -1.74. The van der Waals surface area contributed by atoms with Crippen molar-refractivity contribution in [1.82, 2.24) is 0 Å². The summed E-state index contributed by atoms with van der Waals surface area (Å²) in [5.74, 6) is -0.876. The molecule has 44 valence electrons. The standard InChI is InChI=1S/C5H8O2Si/c1-2-8-4-3-5(6)7/h2-4H,1,8H2,(H,6,7). The molecule has 0 aromatic carbocycles. The van der Waals surface area contributed by atoms with Gasteiger partial charge in [-0.15, -0.1) is 12.3 Å². The third-order valence-electron chi connectivity index (χ3n) is 0.563. The lowest BCUT2D eigenvalue weighted by atomic mass is 10.7. The van der Waals surface area contributed by atoms with E-state index in [1.165, 1.54) is 0 Å². The SMILES string of the molecule is C=C[SiH2]C=CC(=O)O. The zero-order chi connectivity index (χ0) is 6.41. The highest BCUT2D eigenvalue weighted by Crippen LogP contribution is 1.69. The Morgan fingerprint density at radius 2 is 2.38 bits per heavy atom. The number of carbonyl (C=O) groups is 1. The molecule has 0 spiro atoms. The molecule has 0 atom stereocenters. The summed E-state index contributed by atoms with van der Waals surface area (Å²) >= 11 is 0. The van der Waals surface area contributed by atoms with Crippen LogP contribution in [0.3, 0.4) is 0 Å². The molecule has 0 radical (unpaired) electrons. The van der Waals surface area contributed by atoms with Gasteiger partial charge in [-0.1, -0.05) is 5.70 Å². The van der Waals surface area contributed by atoms with Crippen molar-refractivity contribution in [2.24, 2.45) is 0 Å². The van der Waals surface area contributed by atoms with Crippen LogP contribution in [0.25, 0.3) is 0 Å². The molecule has 0 aliphatic rings. The van der Waals surface area contributed by atoms with Crippen molar-refractivity contribution in [2.45, 2.75) is 0 Å². The summed E-state index contributed by atoms with van der Waals surface area (Å²) in [6.45, 7) is 3.48. The smallest absolute Gasteiger partial charge is 0.327 e. The van der Waals surface area contributed by atoms with Crippen molar-refractivity contribution in [1.29, 1.82) is 0 Å². The second-order valence-electron chi connectivity index (χ2n) is 1.26. The maximum Gasteiger partial charge on any atom is 0.327 e. The van der Waals surface area contributed by atoms with E-state index in [-0.39, 0.29) is 0 Å². The van der Waals surface area contributed by atoms with Gasteiger partial charge in [0.05, 0.1) is 9.52 Å². The molecule has 1 N–H and O–H groups in total. The zero-order valence-electron chi connectivity index (χ0n) is 4.50. The van der Waals surface area contributed by atoms with Gasteiger partial charge in [0, 0.05) is 6.08 Å². The van der Waals surface area contributed by atoms with E-state index in [0.29, 0.717) is 0 Å². The molecule has 0 unspecified atom stereocenters. The van der Waals surface area contributed by atoms with Gasteiger partial charge in [-0.05, 0) is 0 Å². The molecule has 0 saturated heterocycles. The Hall–Kier alpha value is -0.833. The number of aliphatic carboxylic acids is 1. The van der Waals surface area contributed by atoms with Crippen LogP contribution in [0.15, 0.2) is 24.1 Å². The Morgan fingerprint density at radius 3 is 2.75 bits per heavy atom. The minimum Gasteiger partial charge on any atom is -0.478 e. The van der Waals surface area contributed by atoms with E-state index in [4.69, 9.17) is 5.11 Å². The van der Waals surface area contributed by atoms with Gasteiger partial charge in [-0.2, -0.15) is 0 Å². The summed E-state index contributed by atoms with van der Waals surface area (Å²) in [6.07, 6.45) is 1.16. The van der Waals surface area contributed by atoms with Gasteiger partial charge in [-0.3, -0.25) is 0 Å². The molecule has 0 aliphatic heterocycles. The van der Waals surface area contributed by atoms with E-state index in [1.54, 1.807) is 11.4 Å². The minimum atomic E-state index is -0.876. The average molecular weight is 128 g/mol. The van der Waals surface area contributed by atoms with Gasteiger partial charge < -0.3 is 5.11 Å². The molecule has 0 rings (SSSR count). The van der Waals surface area contributed by atoms with E-state index in [9.17, 15) is 4.79 Å². The molecule has 0 aromatic rings. The summed E-state index contributed by atoms with van der Waals surface area (Å²) in [7, 11) is -0.419. The van der Waals surface area contributed by atoms with Crippen LogP contribution in [-0.2, 0) is 4.79 Å². The molecule has 3 heteroatoms. The van der Waals surface area contributed by atoms with Crippen LogP contribution >= 0.6 is 0 Å². The van der Waals surface area contributed by atoms with Gasteiger partial charge in [0.25, 0.3) is 0 Å². The summed E-state index contributed by atoms with van der Waals surface area (Å²) in [4.78, 5) is 9.78. The lowest BCUT2D eigenvalue weighted by molar-refractivity contribution is -0.131. The molecule has 0 saturated carbocycles. The molecular weight excluding hydrogens is 120 g/mol. The van der Waals surface area contributed by atoms with Crippen molar-refractivity contribution in [3.8, 4) is 0 Å². The monoisotopic (exact) mass is 128 g/mol. The molecule has 0 heterocycles. The van der Waals surface area contributed by atoms with Gasteiger partial charge in [0.15, 0.2) is 0 Å². The van der Waals surface area contributed by atoms with E-state index in [0.717, 1.165) is 6.08 Å². The van der Waals surface area contributed by atoms with Crippen LogP contribution in [0.1, 0.15) is 0 Å². The van der Waals surface area contributed by atoms with E-state index < -0.39 is 15.5 Å². The zero-order valence-corrected chi connectivity index (χ0v) is 5.92. The first-order valence-corrected chi connectivity index (χ1v) is 3.91. The Balaban J connectivity index is 3.34. The molecule has 0 aromatic heterocycles. The van der Waals surface area contributed by atoms with Crippen LogP contribution in [0.4, 0.5) is 0 Å². The number of carboxylic acid groups (broad SMARTS) is 1. The van der Waals surface area contributed by atoms with E-state index in [1.807, 2.05) is 0 Å². The summed E-state index contributed by atoms with van der Waals surface area (Å²) in [5.41, 5.74) is 3.45. The van der Waals surface area contributed by atoms with Crippen molar-refractivity contribution in [3.05, 3.63) is 24.1 Å². The van der Waals surface area contributed by atoms with Gasteiger partial charge >= 0.3 is 5.97 Å². The fourth-order valence-corrected chi connectivity index (χ4v) is 0.795. The number of rotatable bonds is 3. The normalized spacial score (nSPS) is 11.0. The highest BCUT2D eigenvalue weighted by molar-refractivity contribution is 6.48. The molecule has 0 bridgehead atoms. The van der Waals surface area contributed by atoms with Crippen LogP contribution in [0.5, 0.6) is 0 Å². The Kier molecular flexibility index (Phi) is 3.88. The van der Waals surface area contributed by atoms with Crippen molar-refractivity contribution < 1.29 is 9.90 Å². The lowest BCUT2D eigenvalue weighted by Crippen LogP contribution is -1.87. The minimum absolute atomic E-state index is 0.419. The number of carboxylic acids is 1. The maximum absolute atomic E-state index is 9.78. The Labute approximate surface area is 50.3 Å². The van der Waals surface area contributed by atoms with Gasteiger partial charge in [0.2, 0.25) is 0 Å². The quantitative estimate of drug-likeness (QED) is 0.425. The number of hydrogen-bond acceptors (Lipinski definition) is 1. The molecular formula is C5H8O2Si. The van der Waals surface area contributed by atoms with Gasteiger partial charge in [-0.25, -0.2) is 4.79 Å². The number of hydrogen-bond donors (Lipinski definition) is 1. The Bertz CT molecular complexity index is 118. The molecule has 2 nitrogen and oxygen atoms in total. The highest BCUT2D eigenvalue weighted by Gasteiger charge is 1.80. The average Bonchev–Trinajstić information content (AvgIpc) is 1.66. The predicted molar refractivity (Wildman–Crippen MR) is 35.5 cm³/mol. The van der Waals surface area contributed by atoms with E-state index >= 15 is 0 Å². The fourth-order valence-electron chi connectivity index (χ4n) is 0.265. The molecule has 8 heavy (non-hydrogen) atoms. The topological polar surface area (TPSA) is 37.3 Å². The first-order valence-electron chi connectivity index (χ1n) is 2.27. The predicted octanol–water partition coefficient (Wildman–Crippen LogP) is -0.103. The van der Waals surface area contributed by atoms with Crippen LogP contribution in [0.2, 0.25) is 0 Å². The second-order valence-corrected chi connectivity index (χ2v) is 2.79. The van der Waals surface area contributed by atoms with Crippen molar-refractivity contribution >= 4 is 15.5 Å². The molecule has 0 fully saturated rings. The Morgan fingerprint density at radius 1 is 1.75 bits per heavy atom. The third-order valence-corrected chi connectivity index (χ3v) is 1.40. The summed E-state index contributed by atoms with van der Waals surface area (Å²) in [5, 5.41) is 8.04. The third kappa shape index (κ3) is 5.17. The summed E-state index contributed by atoms with van der Waals surface area (Å²) < 4.78 is 0. The van der Waals surface area contributed by atoms with Crippen molar-refractivity contribution in [2.75, 3.05) is 0 Å². The summed E-state index contributed by atoms with van der Waals surface area (Å²) in [6, 6.07) is 0. The van der Waals surface area contributed by atoms with Crippen LogP contribution < -0.4 is 0 Å². The van der Waals surface area contributed by atoms with Crippen molar-refractivity contribution in [3.63, 3.8) is 0 Å². The fraction of sp³-hybridized carbons (Fsp3) is 0. The second kappa shape index (κ2) is 4.33.